The standard InChI is InChI=1S/C24H24N4O2S/c29-23(25-20-8-3-6-18-5-1-2-7-19(18)20)15-27-10-12-28(13-11-27)16-24-26-21(17-31-24)22-9-4-14-30-22/h1-9,14,17H,10-13,15-16H2,(H,25,29). The van der Waals surface area contributed by atoms with E-state index in [0.29, 0.717) is 6.54 Å². The number of hydrogen-bond donors (Lipinski definition) is 1. The van der Waals surface area contributed by atoms with Gasteiger partial charge in [0.2, 0.25) is 5.91 Å². The number of nitrogens with zero attached hydrogens (tertiary/aromatic N) is 3. The van der Waals surface area contributed by atoms with Crippen molar-refractivity contribution in [1.29, 1.82) is 0 Å². The molecule has 5 rings (SSSR count). The van der Waals surface area contributed by atoms with Crippen LogP contribution in [0.25, 0.3) is 22.2 Å². The van der Waals surface area contributed by atoms with Crippen LogP contribution in [-0.2, 0) is 11.3 Å². The number of aromatic nitrogens is 1. The third kappa shape index (κ3) is 4.69. The van der Waals surface area contributed by atoms with Crippen molar-refractivity contribution in [1.82, 2.24) is 14.8 Å². The number of benzene rings is 2. The Morgan fingerprint density at radius 3 is 2.65 bits per heavy atom. The summed E-state index contributed by atoms with van der Waals surface area (Å²) in [4.78, 5) is 21.9. The third-order valence-electron chi connectivity index (χ3n) is 5.58. The number of rotatable bonds is 6. The highest BCUT2D eigenvalue weighted by Gasteiger charge is 2.20. The zero-order valence-electron chi connectivity index (χ0n) is 17.2. The molecular formula is C24H24N4O2S. The molecule has 1 aliphatic rings. The minimum atomic E-state index is 0.0350. The molecule has 0 unspecified atom stereocenters. The number of nitrogens with one attached hydrogen (secondary N) is 1. The highest BCUT2D eigenvalue weighted by Crippen LogP contribution is 2.24. The second-order valence-corrected chi connectivity index (χ2v) is 8.67. The summed E-state index contributed by atoms with van der Waals surface area (Å²) < 4.78 is 5.43. The van der Waals surface area contributed by atoms with E-state index in [-0.39, 0.29) is 5.91 Å². The number of anilines is 1. The maximum Gasteiger partial charge on any atom is 0.238 e. The van der Waals surface area contributed by atoms with Gasteiger partial charge in [0.05, 0.1) is 19.4 Å². The molecule has 3 heterocycles. The maximum absolute atomic E-state index is 12.6. The number of carbonyl (C=O) groups is 1. The molecule has 1 amide bonds. The van der Waals surface area contributed by atoms with Crippen LogP contribution in [0.5, 0.6) is 0 Å². The van der Waals surface area contributed by atoms with E-state index in [0.717, 1.165) is 65.6 Å². The average molecular weight is 433 g/mol. The van der Waals surface area contributed by atoms with E-state index < -0.39 is 0 Å². The minimum absolute atomic E-state index is 0.0350. The van der Waals surface area contributed by atoms with Crippen LogP contribution < -0.4 is 5.32 Å². The number of thiazole rings is 1. The Labute approximate surface area is 185 Å². The Kier molecular flexibility index (Phi) is 5.80. The van der Waals surface area contributed by atoms with E-state index in [9.17, 15) is 4.79 Å². The van der Waals surface area contributed by atoms with Crippen molar-refractivity contribution in [2.45, 2.75) is 6.54 Å². The van der Waals surface area contributed by atoms with E-state index in [1.54, 1.807) is 17.6 Å². The summed E-state index contributed by atoms with van der Waals surface area (Å²) in [6, 6.07) is 17.9. The van der Waals surface area contributed by atoms with E-state index in [1.165, 1.54) is 0 Å². The van der Waals surface area contributed by atoms with Gasteiger partial charge in [-0.3, -0.25) is 14.6 Å². The minimum Gasteiger partial charge on any atom is -0.463 e. The number of carbonyl (C=O) groups excluding carboxylic acids is 1. The van der Waals surface area contributed by atoms with Gasteiger partial charge in [-0.25, -0.2) is 4.98 Å². The van der Waals surface area contributed by atoms with Crippen molar-refractivity contribution in [2.24, 2.45) is 0 Å². The fourth-order valence-corrected chi connectivity index (χ4v) is 4.77. The molecule has 1 aliphatic heterocycles. The third-order valence-corrected chi connectivity index (χ3v) is 6.41. The van der Waals surface area contributed by atoms with Gasteiger partial charge in [-0.1, -0.05) is 36.4 Å². The fourth-order valence-electron chi connectivity index (χ4n) is 3.95. The van der Waals surface area contributed by atoms with Crippen LogP contribution >= 0.6 is 11.3 Å². The number of furan rings is 1. The van der Waals surface area contributed by atoms with E-state index in [4.69, 9.17) is 9.40 Å². The Hall–Kier alpha value is -3.00. The monoisotopic (exact) mass is 432 g/mol. The summed E-state index contributed by atoms with van der Waals surface area (Å²) in [5.74, 6) is 0.845. The summed E-state index contributed by atoms with van der Waals surface area (Å²) in [5, 5.41) is 8.42. The molecule has 2 aromatic heterocycles. The Balaban J connectivity index is 1.12. The van der Waals surface area contributed by atoms with Gasteiger partial charge in [0.15, 0.2) is 5.76 Å². The SMILES string of the molecule is O=C(CN1CCN(Cc2nc(-c3ccco3)cs2)CC1)Nc1cccc2ccccc12. The normalized spacial score (nSPS) is 15.4. The summed E-state index contributed by atoms with van der Waals surface area (Å²) in [7, 11) is 0. The van der Waals surface area contributed by atoms with Crippen LogP contribution in [0, 0.1) is 0 Å². The van der Waals surface area contributed by atoms with Gasteiger partial charge >= 0.3 is 0 Å². The summed E-state index contributed by atoms with van der Waals surface area (Å²) in [6.45, 7) is 4.85. The molecule has 0 bridgehead atoms. The molecule has 1 saturated heterocycles. The predicted octanol–water partition coefficient (Wildman–Crippen LogP) is 4.31. The zero-order chi connectivity index (χ0) is 21.0. The molecule has 1 N–H and O–H groups in total. The first-order valence-electron chi connectivity index (χ1n) is 10.5. The number of hydrogen-bond acceptors (Lipinski definition) is 6. The zero-order valence-corrected chi connectivity index (χ0v) is 18.0. The molecule has 0 saturated carbocycles. The molecule has 1 fully saturated rings. The predicted molar refractivity (Wildman–Crippen MR) is 124 cm³/mol. The van der Waals surface area contributed by atoms with Crippen LogP contribution in [0.1, 0.15) is 5.01 Å². The highest BCUT2D eigenvalue weighted by atomic mass is 32.1. The van der Waals surface area contributed by atoms with Gasteiger partial charge in [-0.15, -0.1) is 11.3 Å². The van der Waals surface area contributed by atoms with Gasteiger partial charge in [0, 0.05) is 42.6 Å². The molecule has 0 spiro atoms. The van der Waals surface area contributed by atoms with Crippen LogP contribution in [-0.4, -0.2) is 53.4 Å². The fraction of sp³-hybridized carbons (Fsp3) is 0.250. The lowest BCUT2D eigenvalue weighted by atomic mass is 10.1. The molecule has 4 aromatic rings. The molecule has 7 heteroatoms. The maximum atomic E-state index is 12.6. The molecular weight excluding hydrogens is 408 g/mol. The van der Waals surface area contributed by atoms with Gasteiger partial charge < -0.3 is 9.73 Å². The van der Waals surface area contributed by atoms with E-state index in [1.807, 2.05) is 47.8 Å². The second kappa shape index (κ2) is 9.01. The van der Waals surface area contributed by atoms with Crippen LogP contribution in [0.3, 0.4) is 0 Å². The van der Waals surface area contributed by atoms with Crippen molar-refractivity contribution >= 4 is 33.7 Å². The number of piperazine rings is 1. The lowest BCUT2D eigenvalue weighted by molar-refractivity contribution is -0.117. The van der Waals surface area contributed by atoms with Crippen molar-refractivity contribution in [3.05, 3.63) is 71.2 Å². The second-order valence-electron chi connectivity index (χ2n) is 7.73. The van der Waals surface area contributed by atoms with Crippen molar-refractivity contribution in [3.63, 3.8) is 0 Å². The average Bonchev–Trinajstić information content (AvgIpc) is 3.47. The van der Waals surface area contributed by atoms with Gasteiger partial charge in [0.1, 0.15) is 10.7 Å². The molecule has 0 atom stereocenters. The lowest BCUT2D eigenvalue weighted by Gasteiger charge is -2.33. The molecule has 0 aliphatic carbocycles. The molecule has 6 nitrogen and oxygen atoms in total. The largest absolute Gasteiger partial charge is 0.463 e. The highest BCUT2D eigenvalue weighted by molar-refractivity contribution is 7.09. The first-order chi connectivity index (χ1) is 15.2. The van der Waals surface area contributed by atoms with Gasteiger partial charge in [0.25, 0.3) is 0 Å². The summed E-state index contributed by atoms with van der Waals surface area (Å²) in [6.07, 6.45) is 1.67. The topological polar surface area (TPSA) is 61.6 Å². The smallest absolute Gasteiger partial charge is 0.238 e. The van der Waals surface area contributed by atoms with E-state index >= 15 is 0 Å². The first-order valence-corrected chi connectivity index (χ1v) is 11.3. The van der Waals surface area contributed by atoms with Crippen LogP contribution in [0.2, 0.25) is 0 Å². The Bertz CT molecular complexity index is 1160. The molecule has 158 valence electrons. The molecule has 31 heavy (non-hydrogen) atoms. The van der Waals surface area contributed by atoms with Crippen molar-refractivity contribution in [3.8, 4) is 11.5 Å². The van der Waals surface area contributed by atoms with Crippen molar-refractivity contribution < 1.29 is 9.21 Å². The van der Waals surface area contributed by atoms with Crippen molar-refractivity contribution in [2.75, 3.05) is 38.0 Å². The van der Waals surface area contributed by atoms with Crippen LogP contribution in [0.15, 0.2) is 70.7 Å². The molecule has 0 radical (unpaired) electrons. The number of amides is 1. The Morgan fingerprint density at radius 2 is 1.81 bits per heavy atom. The quantitative estimate of drug-likeness (QED) is 0.492. The first kappa shape index (κ1) is 19.9. The number of fused-ring (bicyclic) bond motifs is 1. The Morgan fingerprint density at radius 1 is 1.00 bits per heavy atom. The van der Waals surface area contributed by atoms with Gasteiger partial charge in [-0.05, 0) is 23.6 Å². The molecule has 2 aromatic carbocycles. The lowest BCUT2D eigenvalue weighted by Crippen LogP contribution is -2.48. The van der Waals surface area contributed by atoms with Crippen LogP contribution in [0.4, 0.5) is 5.69 Å². The van der Waals surface area contributed by atoms with E-state index in [2.05, 4.69) is 27.2 Å². The van der Waals surface area contributed by atoms with Gasteiger partial charge in [-0.2, -0.15) is 0 Å². The summed E-state index contributed by atoms with van der Waals surface area (Å²) >= 11 is 1.66. The summed E-state index contributed by atoms with van der Waals surface area (Å²) in [5.41, 5.74) is 1.77.